The first kappa shape index (κ1) is 21.1. The molecule has 1 aliphatic rings. The van der Waals surface area contributed by atoms with Crippen molar-refractivity contribution in [1.29, 1.82) is 0 Å². The molecule has 0 radical (unpaired) electrons. The smallest absolute Gasteiger partial charge is 0.261 e. The second-order valence-electron chi connectivity index (χ2n) is 7.24. The van der Waals surface area contributed by atoms with Gasteiger partial charge in [-0.3, -0.25) is 19.3 Å². The van der Waals surface area contributed by atoms with Gasteiger partial charge in [-0.15, -0.1) is 0 Å². The van der Waals surface area contributed by atoms with E-state index in [9.17, 15) is 14.4 Å². The highest BCUT2D eigenvalue weighted by molar-refractivity contribution is 9.10. The maximum absolute atomic E-state index is 13.2. The zero-order chi connectivity index (χ0) is 22.0. The topological polar surface area (TPSA) is 70.8 Å². The molecule has 7 heteroatoms. The molecule has 4 rings (SSSR count). The van der Waals surface area contributed by atoms with Gasteiger partial charge in [0.15, 0.2) is 0 Å². The molecule has 0 aliphatic carbocycles. The van der Waals surface area contributed by atoms with Gasteiger partial charge in [0.05, 0.1) is 17.7 Å². The Labute approximate surface area is 188 Å². The van der Waals surface area contributed by atoms with Crippen LogP contribution in [0.25, 0.3) is 0 Å². The van der Waals surface area contributed by atoms with Crippen molar-refractivity contribution in [1.82, 2.24) is 4.90 Å². The van der Waals surface area contributed by atoms with Crippen molar-refractivity contribution in [3.8, 4) is 0 Å². The average molecular weight is 481 g/mol. The number of furan rings is 1. The van der Waals surface area contributed by atoms with E-state index in [2.05, 4.69) is 15.9 Å². The lowest BCUT2D eigenvalue weighted by molar-refractivity contribution is -0.118. The van der Waals surface area contributed by atoms with Crippen LogP contribution in [-0.2, 0) is 17.8 Å². The van der Waals surface area contributed by atoms with Gasteiger partial charge >= 0.3 is 0 Å². The van der Waals surface area contributed by atoms with Gasteiger partial charge in [-0.2, -0.15) is 0 Å². The van der Waals surface area contributed by atoms with Crippen LogP contribution < -0.4 is 4.90 Å². The molecule has 0 fully saturated rings. The molecule has 158 valence electrons. The minimum Gasteiger partial charge on any atom is -0.464 e. The van der Waals surface area contributed by atoms with Crippen LogP contribution in [0.2, 0.25) is 0 Å². The van der Waals surface area contributed by atoms with Crippen LogP contribution in [-0.4, -0.2) is 29.2 Å². The van der Waals surface area contributed by atoms with E-state index in [1.54, 1.807) is 29.2 Å². The lowest BCUT2D eigenvalue weighted by atomic mass is 10.1. The first-order valence-corrected chi connectivity index (χ1v) is 10.9. The van der Waals surface area contributed by atoms with Crippen LogP contribution in [0, 0.1) is 0 Å². The fourth-order valence-electron chi connectivity index (χ4n) is 3.58. The molecule has 0 spiro atoms. The molecule has 0 unspecified atom stereocenters. The van der Waals surface area contributed by atoms with Gasteiger partial charge in [0.1, 0.15) is 11.5 Å². The molecule has 3 amide bonds. The molecular weight excluding hydrogens is 460 g/mol. The van der Waals surface area contributed by atoms with Crippen molar-refractivity contribution in [2.45, 2.75) is 26.3 Å². The second kappa shape index (κ2) is 8.89. The van der Waals surface area contributed by atoms with E-state index in [1.165, 1.54) is 0 Å². The summed E-state index contributed by atoms with van der Waals surface area (Å²) in [6.07, 6.45) is 0.787. The van der Waals surface area contributed by atoms with Crippen LogP contribution in [0.4, 0.5) is 5.69 Å². The summed E-state index contributed by atoms with van der Waals surface area (Å²) < 4.78 is 6.69. The van der Waals surface area contributed by atoms with Crippen LogP contribution in [0.5, 0.6) is 0 Å². The summed E-state index contributed by atoms with van der Waals surface area (Å²) in [5, 5.41) is 0. The number of carbonyl (C=O) groups is 3. The zero-order valence-electron chi connectivity index (χ0n) is 17.0. The summed E-state index contributed by atoms with van der Waals surface area (Å²) in [5.74, 6) is 0.607. The highest BCUT2D eigenvalue weighted by Crippen LogP contribution is 2.25. The Bertz CT molecular complexity index is 1100. The third kappa shape index (κ3) is 4.32. The predicted octanol–water partition coefficient (Wildman–Crippen LogP) is 4.82. The summed E-state index contributed by atoms with van der Waals surface area (Å²) in [6.45, 7) is 2.29. The number of carbonyl (C=O) groups excluding carboxylic acids is 3. The van der Waals surface area contributed by atoms with Crippen LogP contribution in [0.1, 0.15) is 45.6 Å². The van der Waals surface area contributed by atoms with Crippen LogP contribution in [0.3, 0.4) is 0 Å². The molecule has 0 saturated heterocycles. The maximum Gasteiger partial charge on any atom is 0.261 e. The molecule has 0 N–H and O–H groups in total. The van der Waals surface area contributed by atoms with E-state index in [4.69, 9.17) is 4.42 Å². The number of halogens is 1. The van der Waals surface area contributed by atoms with Gasteiger partial charge in [-0.1, -0.05) is 35.0 Å². The minimum atomic E-state index is -0.359. The van der Waals surface area contributed by atoms with E-state index in [1.807, 2.05) is 43.3 Å². The first-order valence-electron chi connectivity index (χ1n) is 10.1. The molecular formula is C24H21BrN2O4. The Balaban J connectivity index is 1.51. The summed E-state index contributed by atoms with van der Waals surface area (Å²) >= 11 is 3.41. The summed E-state index contributed by atoms with van der Waals surface area (Å²) in [5.41, 5.74) is 1.48. The lowest BCUT2D eigenvalue weighted by Gasteiger charge is -2.23. The van der Waals surface area contributed by atoms with E-state index >= 15 is 0 Å². The Hall–Kier alpha value is -3.19. The number of aryl methyl sites for hydroxylation is 1. The third-order valence-electron chi connectivity index (χ3n) is 5.25. The SMILES string of the molecule is CCc1ccc(CN(C(=O)CCN2C(=O)c3ccccc3C2=O)c2ccc(Br)cc2)o1. The molecule has 1 aliphatic heterocycles. The molecule has 31 heavy (non-hydrogen) atoms. The monoisotopic (exact) mass is 480 g/mol. The molecule has 0 atom stereocenters. The van der Waals surface area contributed by atoms with Crippen molar-refractivity contribution < 1.29 is 18.8 Å². The third-order valence-corrected chi connectivity index (χ3v) is 5.78. The van der Waals surface area contributed by atoms with E-state index in [-0.39, 0.29) is 37.2 Å². The standard InChI is InChI=1S/C24H21BrN2O4/c1-2-18-11-12-19(31-18)15-27(17-9-7-16(25)8-10-17)22(28)13-14-26-23(29)20-5-3-4-6-21(20)24(26)30/h3-12H,2,13-15H2,1H3. The van der Waals surface area contributed by atoms with Crippen LogP contribution >= 0.6 is 15.9 Å². The average Bonchev–Trinajstić information content (AvgIpc) is 3.34. The number of anilines is 1. The van der Waals surface area contributed by atoms with Gasteiger partial charge < -0.3 is 9.32 Å². The Morgan fingerprint density at radius 2 is 1.55 bits per heavy atom. The molecule has 2 aromatic carbocycles. The second-order valence-corrected chi connectivity index (χ2v) is 8.15. The van der Waals surface area contributed by atoms with Crippen molar-refractivity contribution in [2.24, 2.45) is 0 Å². The summed E-state index contributed by atoms with van der Waals surface area (Å²) in [7, 11) is 0. The Kier molecular flexibility index (Phi) is 6.04. The number of hydrogen-bond acceptors (Lipinski definition) is 4. The van der Waals surface area contributed by atoms with Gasteiger partial charge in [-0.05, 0) is 48.5 Å². The summed E-state index contributed by atoms with van der Waals surface area (Å²) in [6, 6.07) is 17.9. The van der Waals surface area contributed by atoms with Gasteiger partial charge in [0.2, 0.25) is 5.91 Å². The normalized spacial score (nSPS) is 12.9. The lowest BCUT2D eigenvalue weighted by Crippen LogP contribution is -2.36. The van der Waals surface area contributed by atoms with Crippen LogP contribution in [0.15, 0.2) is 69.6 Å². The number of nitrogens with zero attached hydrogens (tertiary/aromatic N) is 2. The zero-order valence-corrected chi connectivity index (χ0v) is 18.6. The van der Waals surface area contributed by atoms with Crippen molar-refractivity contribution in [2.75, 3.05) is 11.4 Å². The number of fused-ring (bicyclic) bond motifs is 1. The number of amides is 3. The number of rotatable bonds is 7. The van der Waals surface area contributed by atoms with Gasteiger partial charge in [0, 0.05) is 29.5 Å². The Morgan fingerprint density at radius 1 is 0.935 bits per heavy atom. The number of hydrogen-bond donors (Lipinski definition) is 0. The summed E-state index contributed by atoms with van der Waals surface area (Å²) in [4.78, 5) is 41.1. The quantitative estimate of drug-likeness (QED) is 0.454. The highest BCUT2D eigenvalue weighted by Gasteiger charge is 2.35. The molecule has 6 nitrogen and oxygen atoms in total. The van der Waals surface area contributed by atoms with Crippen molar-refractivity contribution in [3.05, 3.63) is 87.8 Å². The van der Waals surface area contributed by atoms with Gasteiger partial charge in [-0.25, -0.2) is 0 Å². The highest BCUT2D eigenvalue weighted by atomic mass is 79.9. The fourth-order valence-corrected chi connectivity index (χ4v) is 3.85. The van der Waals surface area contributed by atoms with Crippen molar-refractivity contribution >= 4 is 39.3 Å². The van der Waals surface area contributed by atoms with E-state index < -0.39 is 0 Å². The Morgan fingerprint density at radius 3 is 2.13 bits per heavy atom. The largest absolute Gasteiger partial charge is 0.464 e. The predicted molar refractivity (Wildman–Crippen MR) is 120 cm³/mol. The first-order chi connectivity index (χ1) is 15.0. The molecule has 1 aromatic heterocycles. The molecule has 2 heterocycles. The fraction of sp³-hybridized carbons (Fsp3) is 0.208. The molecule has 3 aromatic rings. The number of imide groups is 1. The van der Waals surface area contributed by atoms with Crippen molar-refractivity contribution in [3.63, 3.8) is 0 Å². The van der Waals surface area contributed by atoms with E-state index in [0.717, 1.165) is 21.6 Å². The number of benzene rings is 2. The maximum atomic E-state index is 13.2. The molecule has 0 bridgehead atoms. The minimum absolute atomic E-state index is 0.0167. The van der Waals surface area contributed by atoms with Gasteiger partial charge in [0.25, 0.3) is 11.8 Å². The van der Waals surface area contributed by atoms with E-state index in [0.29, 0.717) is 22.6 Å². The molecule has 0 saturated carbocycles.